The summed E-state index contributed by atoms with van der Waals surface area (Å²) in [6.45, 7) is 1.46. The van der Waals surface area contributed by atoms with Gasteiger partial charge in [0.05, 0.1) is 10.9 Å². The van der Waals surface area contributed by atoms with Gasteiger partial charge in [-0.3, -0.25) is 4.79 Å². The van der Waals surface area contributed by atoms with Crippen molar-refractivity contribution in [3.63, 3.8) is 0 Å². The van der Waals surface area contributed by atoms with E-state index in [-0.39, 0.29) is 17.5 Å². The lowest BCUT2D eigenvalue weighted by atomic mass is 9.96. The molecule has 0 amide bonds. The number of hydrogen-bond acceptors (Lipinski definition) is 4. The molecule has 1 fully saturated rings. The van der Waals surface area contributed by atoms with E-state index in [0.29, 0.717) is 33.4 Å². The molecule has 33 heavy (non-hydrogen) atoms. The molecular formula is C24H24FN3O4S. The maximum atomic E-state index is 14.3. The van der Waals surface area contributed by atoms with E-state index in [1.54, 1.807) is 41.8 Å². The normalized spacial score (nSPS) is 18.2. The van der Waals surface area contributed by atoms with E-state index in [9.17, 15) is 22.7 Å². The zero-order valence-electron chi connectivity index (χ0n) is 18.2. The van der Waals surface area contributed by atoms with Crippen LogP contribution < -0.4 is 0 Å². The van der Waals surface area contributed by atoms with Crippen LogP contribution in [0.4, 0.5) is 4.39 Å². The number of benzene rings is 2. The van der Waals surface area contributed by atoms with Crippen molar-refractivity contribution in [1.29, 1.82) is 0 Å². The van der Waals surface area contributed by atoms with Gasteiger partial charge in [0.2, 0.25) is 0 Å². The topological polar surface area (TPSA) is 92.0 Å². The molecule has 0 spiro atoms. The Labute approximate surface area is 191 Å². The largest absolute Gasteiger partial charge is 0.480 e. The van der Waals surface area contributed by atoms with E-state index in [1.165, 1.54) is 16.5 Å². The predicted molar refractivity (Wildman–Crippen MR) is 122 cm³/mol. The van der Waals surface area contributed by atoms with Crippen molar-refractivity contribution < 1.29 is 22.7 Å². The second kappa shape index (κ2) is 7.98. The van der Waals surface area contributed by atoms with Gasteiger partial charge in [0.25, 0.3) is 10.0 Å². The monoisotopic (exact) mass is 469 g/mol. The minimum absolute atomic E-state index is 0.163. The number of rotatable bonds is 4. The second-order valence-electron chi connectivity index (χ2n) is 8.62. The predicted octanol–water partition coefficient (Wildman–Crippen LogP) is 4.26. The van der Waals surface area contributed by atoms with Crippen LogP contribution in [0.2, 0.25) is 0 Å². The van der Waals surface area contributed by atoms with Crippen LogP contribution in [-0.2, 0) is 21.4 Å². The molecule has 1 N–H and O–H groups in total. The van der Waals surface area contributed by atoms with Crippen LogP contribution >= 0.6 is 0 Å². The van der Waals surface area contributed by atoms with E-state index in [4.69, 9.17) is 0 Å². The molecule has 0 unspecified atom stereocenters. The minimum Gasteiger partial charge on any atom is -0.480 e. The zero-order chi connectivity index (χ0) is 23.3. The van der Waals surface area contributed by atoms with Crippen LogP contribution in [0, 0.1) is 12.7 Å². The van der Waals surface area contributed by atoms with Gasteiger partial charge in [0, 0.05) is 27.7 Å². The highest BCUT2D eigenvalue weighted by Crippen LogP contribution is 2.37. The Morgan fingerprint density at radius 1 is 1.15 bits per heavy atom. The number of halogens is 1. The number of hydrazone groups is 1. The first-order valence-corrected chi connectivity index (χ1v) is 12.5. The molecule has 2 aliphatic rings. The second-order valence-corrected chi connectivity index (χ2v) is 10.4. The van der Waals surface area contributed by atoms with Crippen molar-refractivity contribution in [3.05, 3.63) is 65.1 Å². The van der Waals surface area contributed by atoms with Crippen LogP contribution in [0.15, 0.2) is 52.5 Å². The molecule has 0 radical (unpaired) electrons. The molecule has 0 bridgehead atoms. The van der Waals surface area contributed by atoms with Gasteiger partial charge >= 0.3 is 5.97 Å². The minimum atomic E-state index is -3.84. The van der Waals surface area contributed by atoms with Gasteiger partial charge in [0.1, 0.15) is 18.1 Å². The number of carbonyl (C=O) groups is 1. The highest BCUT2D eigenvalue weighted by molar-refractivity contribution is 7.89. The summed E-state index contributed by atoms with van der Waals surface area (Å²) in [7, 11) is -3.84. The number of hydrogen-bond donors (Lipinski definition) is 1. The van der Waals surface area contributed by atoms with Crippen molar-refractivity contribution in [3.8, 4) is 0 Å². The average Bonchev–Trinajstić information content (AvgIpc) is 3.05. The average molecular weight is 470 g/mol. The van der Waals surface area contributed by atoms with Crippen LogP contribution in [0.25, 0.3) is 10.9 Å². The van der Waals surface area contributed by atoms with E-state index in [0.717, 1.165) is 32.1 Å². The third kappa shape index (κ3) is 3.51. The molecule has 5 rings (SSSR count). The van der Waals surface area contributed by atoms with Crippen molar-refractivity contribution in [2.75, 3.05) is 0 Å². The van der Waals surface area contributed by atoms with E-state index < -0.39 is 21.8 Å². The number of fused-ring (bicyclic) bond motifs is 2. The van der Waals surface area contributed by atoms with Crippen molar-refractivity contribution in [2.45, 2.75) is 56.5 Å². The summed E-state index contributed by atoms with van der Waals surface area (Å²) in [5.41, 5.74) is 2.56. The number of aromatic nitrogens is 1. The molecule has 3 aromatic rings. The maximum absolute atomic E-state index is 14.3. The van der Waals surface area contributed by atoms with Crippen LogP contribution in [0.3, 0.4) is 0 Å². The van der Waals surface area contributed by atoms with Crippen LogP contribution in [0.1, 0.15) is 48.9 Å². The van der Waals surface area contributed by atoms with Gasteiger partial charge in [-0.1, -0.05) is 37.5 Å². The summed E-state index contributed by atoms with van der Waals surface area (Å²) in [5, 5.41) is 14.6. The van der Waals surface area contributed by atoms with Gasteiger partial charge in [-0.2, -0.15) is 17.9 Å². The number of sulfonamides is 1. The maximum Gasteiger partial charge on any atom is 0.323 e. The highest BCUT2D eigenvalue weighted by atomic mass is 32.2. The molecular weight excluding hydrogens is 445 g/mol. The Bertz CT molecular complexity index is 1400. The molecule has 9 heteroatoms. The Morgan fingerprint density at radius 3 is 2.61 bits per heavy atom. The number of carboxylic acid groups (broad SMARTS) is 1. The van der Waals surface area contributed by atoms with Crippen LogP contribution in [-0.4, -0.2) is 40.2 Å². The SMILES string of the molecule is Cc1c(C2=NN(C3CCCCC3)S(=O)(=O)c3ccccc32)c2cc(F)ccc2n1CC(=O)O. The summed E-state index contributed by atoms with van der Waals surface area (Å²) in [4.78, 5) is 11.7. The third-order valence-electron chi connectivity index (χ3n) is 6.57. The molecule has 2 heterocycles. The number of carboxylic acids is 1. The Kier molecular flexibility index (Phi) is 5.23. The molecule has 7 nitrogen and oxygen atoms in total. The van der Waals surface area contributed by atoms with Gasteiger partial charge in [0.15, 0.2) is 0 Å². The molecule has 172 valence electrons. The van der Waals surface area contributed by atoms with E-state index in [1.807, 2.05) is 0 Å². The summed E-state index contributed by atoms with van der Waals surface area (Å²) in [6.07, 6.45) is 4.40. The smallest absolute Gasteiger partial charge is 0.323 e. The first kappa shape index (κ1) is 21.6. The van der Waals surface area contributed by atoms with Crippen LogP contribution in [0.5, 0.6) is 0 Å². The fourth-order valence-corrected chi connectivity index (χ4v) is 6.74. The van der Waals surface area contributed by atoms with E-state index >= 15 is 0 Å². The standard InChI is InChI=1S/C24H24FN3O4S/c1-15-23(19-13-16(25)11-12-20(19)27(15)14-22(29)30)24-18-9-5-6-10-21(18)33(31,32)28(26-24)17-7-3-2-4-8-17/h5-6,9-13,17H,2-4,7-8,14H2,1H3,(H,29,30). The summed E-state index contributed by atoms with van der Waals surface area (Å²) in [6, 6.07) is 10.6. The molecule has 2 aromatic carbocycles. The fourth-order valence-electron chi connectivity index (χ4n) is 5.05. The first-order valence-electron chi connectivity index (χ1n) is 11.0. The lowest BCUT2D eigenvalue weighted by molar-refractivity contribution is -0.137. The highest BCUT2D eigenvalue weighted by Gasteiger charge is 2.39. The first-order chi connectivity index (χ1) is 15.8. The van der Waals surface area contributed by atoms with Gasteiger partial charge in [-0.05, 0) is 44.0 Å². The molecule has 0 saturated heterocycles. The van der Waals surface area contributed by atoms with Gasteiger partial charge < -0.3 is 9.67 Å². The Hall–Kier alpha value is -3.20. The van der Waals surface area contributed by atoms with E-state index in [2.05, 4.69) is 5.10 Å². The van der Waals surface area contributed by atoms with Crippen molar-refractivity contribution in [2.24, 2.45) is 5.10 Å². The number of aliphatic carboxylic acids is 1. The lowest BCUT2D eigenvalue weighted by Gasteiger charge is -2.35. The number of nitrogens with zero attached hydrogens (tertiary/aromatic N) is 3. The Morgan fingerprint density at radius 2 is 1.88 bits per heavy atom. The van der Waals surface area contributed by atoms with Crippen molar-refractivity contribution in [1.82, 2.24) is 8.98 Å². The summed E-state index contributed by atoms with van der Waals surface area (Å²) in [5.74, 6) is -1.49. The Balaban J connectivity index is 1.80. The zero-order valence-corrected chi connectivity index (χ0v) is 19.0. The van der Waals surface area contributed by atoms with Gasteiger partial charge in [-0.15, -0.1) is 0 Å². The molecule has 1 aromatic heterocycles. The van der Waals surface area contributed by atoms with Gasteiger partial charge in [-0.25, -0.2) is 4.39 Å². The summed E-state index contributed by atoms with van der Waals surface area (Å²) >= 11 is 0. The quantitative estimate of drug-likeness (QED) is 0.618. The summed E-state index contributed by atoms with van der Waals surface area (Å²) < 4.78 is 44.2. The molecule has 1 saturated carbocycles. The third-order valence-corrected chi connectivity index (χ3v) is 8.35. The van der Waals surface area contributed by atoms with Crippen molar-refractivity contribution >= 4 is 32.6 Å². The molecule has 1 aliphatic carbocycles. The molecule has 0 atom stereocenters. The fraction of sp³-hybridized carbons (Fsp3) is 0.333. The lowest BCUT2D eigenvalue weighted by Crippen LogP contribution is -2.41. The molecule has 1 aliphatic heterocycles.